The highest BCUT2D eigenvalue weighted by molar-refractivity contribution is 5.85. The van der Waals surface area contributed by atoms with Gasteiger partial charge < -0.3 is 11.1 Å². The second-order valence-corrected chi connectivity index (χ2v) is 4.60. The van der Waals surface area contributed by atoms with Gasteiger partial charge in [0.1, 0.15) is 17.7 Å². The molecule has 0 aliphatic heterocycles. The van der Waals surface area contributed by atoms with Crippen molar-refractivity contribution in [3.05, 3.63) is 41.5 Å². The number of carbonyl (C=O) groups is 1. The number of nitrogens with two attached hydrogens (primary N) is 1. The van der Waals surface area contributed by atoms with Crippen molar-refractivity contribution >= 4 is 18.3 Å². The summed E-state index contributed by atoms with van der Waals surface area (Å²) in [4.78, 5) is 12.3. The maximum Gasteiger partial charge on any atom is 0.245 e. The SMILES string of the molecule is Cc1nnnn1C(Cc1cccc(F)c1)C(=O)NCCN.Cl. The lowest BCUT2D eigenvalue weighted by Crippen LogP contribution is -2.37. The minimum atomic E-state index is -0.645. The van der Waals surface area contributed by atoms with Gasteiger partial charge in [-0.05, 0) is 35.0 Å². The van der Waals surface area contributed by atoms with E-state index in [0.29, 0.717) is 30.9 Å². The molecule has 0 spiro atoms. The first kappa shape index (κ1) is 18.0. The van der Waals surface area contributed by atoms with E-state index in [1.54, 1.807) is 19.1 Å². The van der Waals surface area contributed by atoms with Gasteiger partial charge >= 0.3 is 0 Å². The van der Waals surface area contributed by atoms with Crippen molar-refractivity contribution in [3.8, 4) is 0 Å². The van der Waals surface area contributed by atoms with Crippen molar-refractivity contribution < 1.29 is 9.18 Å². The van der Waals surface area contributed by atoms with Crippen LogP contribution in [0.1, 0.15) is 17.4 Å². The van der Waals surface area contributed by atoms with Gasteiger partial charge in [-0.25, -0.2) is 9.07 Å². The van der Waals surface area contributed by atoms with Gasteiger partial charge in [-0.3, -0.25) is 4.79 Å². The number of aryl methyl sites for hydroxylation is 1. The van der Waals surface area contributed by atoms with E-state index in [-0.39, 0.29) is 24.1 Å². The Morgan fingerprint density at radius 1 is 1.50 bits per heavy atom. The molecule has 0 aliphatic carbocycles. The lowest BCUT2D eigenvalue weighted by Gasteiger charge is -2.17. The average molecular weight is 329 g/mol. The van der Waals surface area contributed by atoms with E-state index in [1.807, 2.05) is 0 Å². The molecule has 2 aromatic rings. The number of rotatable bonds is 6. The highest BCUT2D eigenvalue weighted by Gasteiger charge is 2.23. The monoisotopic (exact) mass is 328 g/mol. The van der Waals surface area contributed by atoms with Crippen LogP contribution in [-0.2, 0) is 11.2 Å². The highest BCUT2D eigenvalue weighted by atomic mass is 35.5. The van der Waals surface area contributed by atoms with Crippen LogP contribution in [0.2, 0.25) is 0 Å². The molecule has 1 atom stereocenters. The molecule has 22 heavy (non-hydrogen) atoms. The molecule has 0 aliphatic rings. The Balaban J connectivity index is 0.00000242. The fraction of sp³-hybridized carbons (Fsp3) is 0.385. The molecule has 0 bridgehead atoms. The molecule has 1 aromatic heterocycles. The molecule has 2 rings (SSSR count). The Morgan fingerprint density at radius 3 is 2.86 bits per heavy atom. The van der Waals surface area contributed by atoms with E-state index in [1.165, 1.54) is 16.8 Å². The molecule has 120 valence electrons. The van der Waals surface area contributed by atoms with E-state index in [0.717, 1.165) is 0 Å². The third-order valence-corrected chi connectivity index (χ3v) is 3.02. The third-order valence-electron chi connectivity index (χ3n) is 3.02. The van der Waals surface area contributed by atoms with Crippen molar-refractivity contribution in [2.75, 3.05) is 13.1 Å². The van der Waals surface area contributed by atoms with Crippen LogP contribution < -0.4 is 11.1 Å². The summed E-state index contributed by atoms with van der Waals surface area (Å²) in [6.07, 6.45) is 0.292. The zero-order valence-electron chi connectivity index (χ0n) is 12.1. The van der Waals surface area contributed by atoms with Crippen LogP contribution in [0.5, 0.6) is 0 Å². The van der Waals surface area contributed by atoms with Gasteiger partial charge in [0, 0.05) is 19.5 Å². The van der Waals surface area contributed by atoms with E-state index in [4.69, 9.17) is 5.73 Å². The quantitative estimate of drug-likeness (QED) is 0.799. The van der Waals surface area contributed by atoms with Crippen LogP contribution in [-0.4, -0.2) is 39.2 Å². The number of hydrogen-bond acceptors (Lipinski definition) is 5. The number of halogens is 2. The Labute approximate surface area is 133 Å². The molecule has 0 saturated carbocycles. The molecular formula is C13H18ClFN6O. The smallest absolute Gasteiger partial charge is 0.245 e. The minimum absolute atomic E-state index is 0. The van der Waals surface area contributed by atoms with Crippen LogP contribution in [0.3, 0.4) is 0 Å². The summed E-state index contributed by atoms with van der Waals surface area (Å²) in [6, 6.07) is 5.46. The van der Waals surface area contributed by atoms with Crippen molar-refractivity contribution in [3.63, 3.8) is 0 Å². The second kappa shape index (κ2) is 8.40. The van der Waals surface area contributed by atoms with Crippen molar-refractivity contribution in [2.24, 2.45) is 5.73 Å². The Morgan fingerprint density at radius 2 is 2.27 bits per heavy atom. The van der Waals surface area contributed by atoms with Gasteiger partial charge in [0.25, 0.3) is 0 Å². The van der Waals surface area contributed by atoms with Crippen molar-refractivity contribution in [2.45, 2.75) is 19.4 Å². The molecule has 1 amide bonds. The fourth-order valence-corrected chi connectivity index (χ4v) is 2.02. The minimum Gasteiger partial charge on any atom is -0.353 e. The largest absolute Gasteiger partial charge is 0.353 e. The number of tetrazole rings is 1. The van der Waals surface area contributed by atoms with Gasteiger partial charge in [0.05, 0.1) is 0 Å². The van der Waals surface area contributed by atoms with Crippen LogP contribution in [0.4, 0.5) is 4.39 Å². The highest BCUT2D eigenvalue weighted by Crippen LogP contribution is 2.15. The van der Waals surface area contributed by atoms with Crippen LogP contribution in [0, 0.1) is 12.7 Å². The fourth-order valence-electron chi connectivity index (χ4n) is 2.02. The predicted molar refractivity (Wildman–Crippen MR) is 81.0 cm³/mol. The first-order valence-corrected chi connectivity index (χ1v) is 6.58. The molecule has 1 aromatic carbocycles. The van der Waals surface area contributed by atoms with Gasteiger partial charge in [-0.2, -0.15) is 0 Å². The Hall–Kier alpha value is -2.06. The van der Waals surface area contributed by atoms with Crippen LogP contribution >= 0.6 is 12.4 Å². The van der Waals surface area contributed by atoms with Crippen LogP contribution in [0.25, 0.3) is 0 Å². The molecule has 0 fully saturated rings. The zero-order valence-corrected chi connectivity index (χ0v) is 12.9. The summed E-state index contributed by atoms with van der Waals surface area (Å²) in [5.74, 6) is -0.0820. The van der Waals surface area contributed by atoms with Gasteiger partial charge in [-0.1, -0.05) is 12.1 Å². The Bertz CT molecular complexity index is 620. The number of amides is 1. The number of aromatic nitrogens is 4. The van der Waals surface area contributed by atoms with Gasteiger partial charge in [0.2, 0.25) is 5.91 Å². The van der Waals surface area contributed by atoms with E-state index >= 15 is 0 Å². The second-order valence-electron chi connectivity index (χ2n) is 4.60. The zero-order chi connectivity index (χ0) is 15.2. The van der Waals surface area contributed by atoms with Gasteiger partial charge in [0.15, 0.2) is 0 Å². The summed E-state index contributed by atoms with van der Waals surface area (Å²) in [5.41, 5.74) is 6.08. The summed E-state index contributed by atoms with van der Waals surface area (Å²) in [6.45, 7) is 2.40. The van der Waals surface area contributed by atoms with E-state index < -0.39 is 6.04 Å². The van der Waals surface area contributed by atoms with Gasteiger partial charge in [-0.15, -0.1) is 17.5 Å². The molecule has 0 radical (unpaired) electrons. The lowest BCUT2D eigenvalue weighted by atomic mass is 10.1. The predicted octanol–water partition coefficient (Wildman–Crippen LogP) is 0.401. The number of nitrogens with zero attached hydrogens (tertiary/aromatic N) is 4. The van der Waals surface area contributed by atoms with Crippen molar-refractivity contribution in [1.82, 2.24) is 25.5 Å². The summed E-state index contributed by atoms with van der Waals surface area (Å²) in [5, 5.41) is 13.9. The Kier molecular flexibility index (Phi) is 6.87. The maximum atomic E-state index is 13.3. The summed E-state index contributed by atoms with van der Waals surface area (Å²) in [7, 11) is 0. The molecule has 7 nitrogen and oxygen atoms in total. The maximum absolute atomic E-state index is 13.3. The molecule has 3 N–H and O–H groups in total. The van der Waals surface area contributed by atoms with E-state index in [2.05, 4.69) is 20.8 Å². The number of carbonyl (C=O) groups excluding carboxylic acids is 1. The average Bonchev–Trinajstić information content (AvgIpc) is 2.88. The molecule has 9 heteroatoms. The van der Waals surface area contributed by atoms with Crippen molar-refractivity contribution in [1.29, 1.82) is 0 Å². The molecule has 1 unspecified atom stereocenters. The number of hydrogen-bond donors (Lipinski definition) is 2. The van der Waals surface area contributed by atoms with E-state index in [9.17, 15) is 9.18 Å². The van der Waals surface area contributed by atoms with Crippen LogP contribution in [0.15, 0.2) is 24.3 Å². The number of benzene rings is 1. The first-order chi connectivity index (χ1) is 10.1. The summed E-state index contributed by atoms with van der Waals surface area (Å²) < 4.78 is 14.7. The third kappa shape index (κ3) is 4.47. The normalized spacial score (nSPS) is 11.6. The first-order valence-electron chi connectivity index (χ1n) is 6.58. The molecule has 1 heterocycles. The number of nitrogens with one attached hydrogen (secondary N) is 1. The topological polar surface area (TPSA) is 98.7 Å². The summed E-state index contributed by atoms with van der Waals surface area (Å²) >= 11 is 0. The molecule has 0 saturated heterocycles. The lowest BCUT2D eigenvalue weighted by molar-refractivity contribution is -0.124. The molecular weight excluding hydrogens is 311 g/mol. The standard InChI is InChI=1S/C13H17FN6O.ClH/c1-9-17-18-19-20(9)12(13(21)16-6-5-15)8-10-3-2-4-11(14)7-10;/h2-4,7,12H,5-6,8,15H2,1H3,(H,16,21);1H.